The molecular weight excluding hydrogens is 368 g/mol. The fourth-order valence-corrected chi connectivity index (χ4v) is 2.64. The van der Waals surface area contributed by atoms with Crippen molar-refractivity contribution in [3.8, 4) is 6.07 Å². The molecule has 1 saturated heterocycles. The SMILES string of the molecule is CC(C)(C)OC(=O)N1CCN(CCNC(=O)c2cccc(C#N)c2)CC1.Cl. The van der Waals surface area contributed by atoms with Gasteiger partial charge in [0.15, 0.2) is 0 Å². The molecule has 0 saturated carbocycles. The number of halogens is 1. The highest BCUT2D eigenvalue weighted by Gasteiger charge is 2.25. The van der Waals surface area contributed by atoms with E-state index in [4.69, 9.17) is 10.00 Å². The molecule has 0 aliphatic carbocycles. The molecule has 2 rings (SSSR count). The van der Waals surface area contributed by atoms with Crippen LogP contribution >= 0.6 is 12.4 Å². The fourth-order valence-electron chi connectivity index (χ4n) is 2.64. The number of nitriles is 1. The van der Waals surface area contributed by atoms with E-state index in [0.717, 1.165) is 13.1 Å². The molecule has 1 fully saturated rings. The van der Waals surface area contributed by atoms with E-state index in [-0.39, 0.29) is 24.4 Å². The maximum atomic E-state index is 12.1. The van der Waals surface area contributed by atoms with E-state index in [0.29, 0.717) is 37.3 Å². The van der Waals surface area contributed by atoms with Crippen LogP contribution in [0.4, 0.5) is 4.79 Å². The van der Waals surface area contributed by atoms with Crippen LogP contribution in [0.2, 0.25) is 0 Å². The van der Waals surface area contributed by atoms with E-state index >= 15 is 0 Å². The lowest BCUT2D eigenvalue weighted by molar-refractivity contribution is 0.0147. The highest BCUT2D eigenvalue weighted by Crippen LogP contribution is 2.11. The Balaban J connectivity index is 0.00000364. The number of piperazine rings is 1. The summed E-state index contributed by atoms with van der Waals surface area (Å²) in [5.41, 5.74) is 0.469. The Morgan fingerprint density at radius 2 is 1.89 bits per heavy atom. The van der Waals surface area contributed by atoms with Crippen LogP contribution in [-0.4, -0.2) is 66.7 Å². The van der Waals surface area contributed by atoms with Gasteiger partial charge in [-0.05, 0) is 39.0 Å². The van der Waals surface area contributed by atoms with Gasteiger partial charge in [0.1, 0.15) is 5.60 Å². The first kappa shape index (κ1) is 22.7. The molecule has 7 nitrogen and oxygen atoms in total. The first-order valence-electron chi connectivity index (χ1n) is 8.77. The Bertz CT molecular complexity index is 689. The molecule has 1 heterocycles. The molecule has 1 aromatic rings. The van der Waals surface area contributed by atoms with Crippen LogP contribution in [0, 0.1) is 11.3 Å². The molecule has 0 unspecified atom stereocenters. The molecule has 1 aromatic carbocycles. The minimum absolute atomic E-state index is 0. The summed E-state index contributed by atoms with van der Waals surface area (Å²) in [7, 11) is 0. The molecule has 1 aliphatic rings. The van der Waals surface area contributed by atoms with Gasteiger partial charge >= 0.3 is 6.09 Å². The number of nitrogens with one attached hydrogen (secondary N) is 1. The zero-order valence-electron chi connectivity index (χ0n) is 16.0. The molecule has 2 amide bonds. The number of rotatable bonds is 4. The third-order valence-electron chi connectivity index (χ3n) is 3.99. The second-order valence-corrected chi connectivity index (χ2v) is 7.26. The van der Waals surface area contributed by atoms with Gasteiger partial charge in [0.25, 0.3) is 5.91 Å². The number of carbonyl (C=O) groups is 2. The van der Waals surface area contributed by atoms with E-state index in [1.807, 2.05) is 26.8 Å². The summed E-state index contributed by atoms with van der Waals surface area (Å²) < 4.78 is 5.38. The van der Waals surface area contributed by atoms with Crippen LogP contribution in [0.15, 0.2) is 24.3 Å². The topological polar surface area (TPSA) is 85.7 Å². The van der Waals surface area contributed by atoms with Gasteiger partial charge in [-0.2, -0.15) is 5.26 Å². The number of hydrogen-bond acceptors (Lipinski definition) is 5. The second kappa shape index (κ2) is 10.1. The molecule has 0 atom stereocenters. The number of amides is 2. The largest absolute Gasteiger partial charge is 0.444 e. The summed E-state index contributed by atoms with van der Waals surface area (Å²) in [6.45, 7) is 9.54. The summed E-state index contributed by atoms with van der Waals surface area (Å²) in [6.07, 6.45) is -0.275. The van der Waals surface area contributed by atoms with Crippen LogP contribution in [0.3, 0.4) is 0 Å². The standard InChI is InChI=1S/C19H26N4O3.ClH/c1-19(2,3)26-18(25)23-11-9-22(10-12-23)8-7-21-17(24)16-6-4-5-15(13-16)14-20;/h4-6,13H,7-12H2,1-3H3,(H,21,24);1H. The second-order valence-electron chi connectivity index (χ2n) is 7.26. The van der Waals surface area contributed by atoms with E-state index in [9.17, 15) is 9.59 Å². The number of ether oxygens (including phenoxy) is 1. The summed E-state index contributed by atoms with van der Waals surface area (Å²) in [5.74, 6) is -0.186. The van der Waals surface area contributed by atoms with Crippen molar-refractivity contribution in [2.45, 2.75) is 26.4 Å². The molecule has 8 heteroatoms. The average Bonchev–Trinajstić information content (AvgIpc) is 2.60. The Kier molecular flexibility index (Phi) is 8.54. The normalized spacial score (nSPS) is 14.7. The lowest BCUT2D eigenvalue weighted by Gasteiger charge is -2.35. The molecule has 0 spiro atoms. The lowest BCUT2D eigenvalue weighted by atomic mass is 10.1. The predicted octanol–water partition coefficient (Wildman–Crippen LogP) is 2.26. The van der Waals surface area contributed by atoms with Crippen molar-refractivity contribution in [1.29, 1.82) is 5.26 Å². The molecule has 27 heavy (non-hydrogen) atoms. The van der Waals surface area contributed by atoms with Gasteiger partial charge in [-0.15, -0.1) is 12.4 Å². The van der Waals surface area contributed by atoms with Crippen molar-refractivity contribution >= 4 is 24.4 Å². The zero-order valence-corrected chi connectivity index (χ0v) is 16.8. The predicted molar refractivity (Wildman–Crippen MR) is 105 cm³/mol. The molecule has 0 aromatic heterocycles. The average molecular weight is 395 g/mol. The monoisotopic (exact) mass is 394 g/mol. The van der Waals surface area contributed by atoms with Gasteiger partial charge in [-0.25, -0.2) is 4.79 Å². The Morgan fingerprint density at radius 1 is 1.22 bits per heavy atom. The van der Waals surface area contributed by atoms with Gasteiger partial charge in [-0.1, -0.05) is 6.07 Å². The quantitative estimate of drug-likeness (QED) is 0.846. The molecule has 0 radical (unpaired) electrons. The number of benzene rings is 1. The summed E-state index contributed by atoms with van der Waals surface area (Å²) in [4.78, 5) is 28.1. The molecule has 1 aliphatic heterocycles. The van der Waals surface area contributed by atoms with Crippen LogP contribution < -0.4 is 5.32 Å². The van der Waals surface area contributed by atoms with Gasteiger partial charge in [0, 0.05) is 44.8 Å². The third kappa shape index (κ3) is 7.45. The fraction of sp³-hybridized carbons (Fsp3) is 0.526. The van der Waals surface area contributed by atoms with Crippen LogP contribution in [0.25, 0.3) is 0 Å². The summed E-state index contributed by atoms with van der Waals surface area (Å²) in [5, 5.41) is 11.8. The molecule has 1 N–H and O–H groups in total. The third-order valence-corrected chi connectivity index (χ3v) is 3.99. The molecule has 148 valence electrons. The van der Waals surface area contributed by atoms with E-state index in [2.05, 4.69) is 10.2 Å². The van der Waals surface area contributed by atoms with Gasteiger partial charge < -0.3 is 15.0 Å². The van der Waals surface area contributed by atoms with Crippen LogP contribution in [0.5, 0.6) is 0 Å². The zero-order chi connectivity index (χ0) is 19.2. The number of carbonyl (C=O) groups excluding carboxylic acids is 2. The minimum Gasteiger partial charge on any atom is -0.444 e. The summed E-state index contributed by atoms with van der Waals surface area (Å²) >= 11 is 0. The first-order valence-corrected chi connectivity index (χ1v) is 8.77. The van der Waals surface area contributed by atoms with Crippen molar-refractivity contribution in [1.82, 2.24) is 15.1 Å². The Hall–Kier alpha value is -2.30. The van der Waals surface area contributed by atoms with Crippen molar-refractivity contribution in [3.05, 3.63) is 35.4 Å². The Labute approximate surface area is 166 Å². The van der Waals surface area contributed by atoms with Gasteiger partial charge in [-0.3, -0.25) is 9.69 Å². The smallest absolute Gasteiger partial charge is 0.410 e. The van der Waals surface area contributed by atoms with Gasteiger partial charge in [0.05, 0.1) is 11.6 Å². The number of hydrogen-bond donors (Lipinski definition) is 1. The highest BCUT2D eigenvalue weighted by atomic mass is 35.5. The van der Waals surface area contributed by atoms with E-state index in [1.165, 1.54) is 0 Å². The van der Waals surface area contributed by atoms with E-state index < -0.39 is 5.60 Å². The van der Waals surface area contributed by atoms with Crippen LogP contribution in [-0.2, 0) is 4.74 Å². The van der Waals surface area contributed by atoms with E-state index in [1.54, 1.807) is 29.2 Å². The molecular formula is C19H27ClN4O3. The Morgan fingerprint density at radius 3 is 2.48 bits per heavy atom. The summed E-state index contributed by atoms with van der Waals surface area (Å²) in [6, 6.07) is 8.66. The first-order chi connectivity index (χ1) is 12.3. The van der Waals surface area contributed by atoms with Crippen LogP contribution in [0.1, 0.15) is 36.7 Å². The maximum Gasteiger partial charge on any atom is 0.410 e. The van der Waals surface area contributed by atoms with Crippen molar-refractivity contribution in [2.24, 2.45) is 0 Å². The van der Waals surface area contributed by atoms with Crippen molar-refractivity contribution < 1.29 is 14.3 Å². The minimum atomic E-state index is -0.485. The van der Waals surface area contributed by atoms with Crippen molar-refractivity contribution in [2.75, 3.05) is 39.3 Å². The van der Waals surface area contributed by atoms with Gasteiger partial charge in [0.2, 0.25) is 0 Å². The maximum absolute atomic E-state index is 12.1. The number of nitrogens with zero attached hydrogens (tertiary/aromatic N) is 3. The highest BCUT2D eigenvalue weighted by molar-refractivity contribution is 5.94. The van der Waals surface area contributed by atoms with Crippen molar-refractivity contribution in [3.63, 3.8) is 0 Å². The molecule has 0 bridgehead atoms. The lowest BCUT2D eigenvalue weighted by Crippen LogP contribution is -2.51.